The molecule has 1 N–H and O–H groups in total. The first-order chi connectivity index (χ1) is 8.41. The highest BCUT2D eigenvalue weighted by molar-refractivity contribution is 5.62. The van der Waals surface area contributed by atoms with E-state index in [9.17, 15) is 14.5 Å². The number of rotatable bonds is 6. The standard InChI is InChI=1S/C13H19FN2O2/c1-9(2)7-10(3)8-15-13-11(14)5-4-6-12(13)16(17)18/h4-6,9-10,15H,7-8H2,1-3H3. The Morgan fingerprint density at radius 3 is 2.61 bits per heavy atom. The van der Waals surface area contributed by atoms with Crippen molar-refractivity contribution in [3.63, 3.8) is 0 Å². The molecule has 0 aromatic heterocycles. The van der Waals surface area contributed by atoms with Crippen LogP contribution in [0.5, 0.6) is 0 Å². The van der Waals surface area contributed by atoms with Crippen LogP contribution in [0.25, 0.3) is 0 Å². The van der Waals surface area contributed by atoms with Crippen LogP contribution in [0.4, 0.5) is 15.8 Å². The van der Waals surface area contributed by atoms with Crippen molar-refractivity contribution in [2.45, 2.75) is 27.2 Å². The minimum Gasteiger partial charge on any atom is -0.377 e. The fourth-order valence-corrected chi connectivity index (χ4v) is 2.00. The zero-order valence-corrected chi connectivity index (χ0v) is 10.9. The van der Waals surface area contributed by atoms with Crippen molar-refractivity contribution in [3.8, 4) is 0 Å². The van der Waals surface area contributed by atoms with Gasteiger partial charge in [0, 0.05) is 12.6 Å². The maximum absolute atomic E-state index is 13.6. The predicted molar refractivity (Wildman–Crippen MR) is 70.2 cm³/mol. The summed E-state index contributed by atoms with van der Waals surface area (Å²) in [4.78, 5) is 10.2. The number of nitrogens with one attached hydrogen (secondary N) is 1. The lowest BCUT2D eigenvalue weighted by Crippen LogP contribution is -2.15. The number of hydrogen-bond donors (Lipinski definition) is 1. The fraction of sp³-hybridized carbons (Fsp3) is 0.538. The van der Waals surface area contributed by atoms with Gasteiger partial charge in [0.05, 0.1) is 4.92 Å². The van der Waals surface area contributed by atoms with Crippen molar-refractivity contribution in [2.75, 3.05) is 11.9 Å². The van der Waals surface area contributed by atoms with Crippen molar-refractivity contribution in [1.82, 2.24) is 0 Å². The van der Waals surface area contributed by atoms with E-state index in [0.717, 1.165) is 6.42 Å². The number of benzene rings is 1. The third-order valence-corrected chi connectivity index (χ3v) is 2.69. The molecule has 100 valence electrons. The highest BCUT2D eigenvalue weighted by Crippen LogP contribution is 2.27. The lowest BCUT2D eigenvalue weighted by atomic mass is 9.99. The topological polar surface area (TPSA) is 55.2 Å². The lowest BCUT2D eigenvalue weighted by Gasteiger charge is -2.15. The SMILES string of the molecule is CC(C)CC(C)CNc1c(F)cccc1[N+](=O)[O-]. The van der Waals surface area contributed by atoms with Crippen LogP contribution in [0.3, 0.4) is 0 Å². The molecule has 4 nitrogen and oxygen atoms in total. The van der Waals surface area contributed by atoms with E-state index in [1.165, 1.54) is 18.2 Å². The molecule has 0 aliphatic heterocycles. The van der Waals surface area contributed by atoms with E-state index in [4.69, 9.17) is 0 Å². The zero-order valence-electron chi connectivity index (χ0n) is 10.9. The molecule has 5 heteroatoms. The van der Waals surface area contributed by atoms with Crippen molar-refractivity contribution in [3.05, 3.63) is 34.1 Å². The number of nitro groups is 1. The first-order valence-electron chi connectivity index (χ1n) is 6.08. The highest BCUT2D eigenvalue weighted by atomic mass is 19.1. The van der Waals surface area contributed by atoms with E-state index in [2.05, 4.69) is 19.2 Å². The number of hydrogen-bond acceptors (Lipinski definition) is 3. The van der Waals surface area contributed by atoms with Crippen LogP contribution in [-0.4, -0.2) is 11.5 Å². The number of para-hydroxylation sites is 1. The molecule has 0 aliphatic carbocycles. The molecule has 1 aromatic rings. The van der Waals surface area contributed by atoms with Gasteiger partial charge >= 0.3 is 0 Å². The Hall–Kier alpha value is -1.65. The van der Waals surface area contributed by atoms with Gasteiger partial charge in [-0.25, -0.2) is 4.39 Å². The molecule has 0 amide bonds. The van der Waals surface area contributed by atoms with E-state index in [-0.39, 0.29) is 11.4 Å². The van der Waals surface area contributed by atoms with Crippen LogP contribution in [0.15, 0.2) is 18.2 Å². The molecule has 1 aromatic carbocycles. The summed E-state index contributed by atoms with van der Waals surface area (Å²) in [5, 5.41) is 13.6. The summed E-state index contributed by atoms with van der Waals surface area (Å²) in [6, 6.07) is 3.87. The largest absolute Gasteiger partial charge is 0.377 e. The summed E-state index contributed by atoms with van der Waals surface area (Å²) >= 11 is 0. The normalized spacial score (nSPS) is 12.5. The number of nitrogens with zero attached hydrogens (tertiary/aromatic N) is 1. The van der Waals surface area contributed by atoms with Gasteiger partial charge in [0.25, 0.3) is 5.69 Å². The molecule has 0 aliphatic rings. The summed E-state index contributed by atoms with van der Waals surface area (Å²) in [6.45, 7) is 6.80. The van der Waals surface area contributed by atoms with Gasteiger partial charge in [-0.15, -0.1) is 0 Å². The van der Waals surface area contributed by atoms with E-state index in [0.29, 0.717) is 18.4 Å². The van der Waals surface area contributed by atoms with Gasteiger partial charge in [-0.1, -0.05) is 26.8 Å². The molecule has 0 bridgehead atoms. The maximum Gasteiger partial charge on any atom is 0.295 e. The van der Waals surface area contributed by atoms with Gasteiger partial charge in [0.2, 0.25) is 0 Å². The minimum atomic E-state index is -0.582. The van der Waals surface area contributed by atoms with Crippen LogP contribution in [0.2, 0.25) is 0 Å². The Balaban J connectivity index is 2.75. The molecule has 0 spiro atoms. The average Bonchev–Trinajstić information content (AvgIpc) is 2.25. The van der Waals surface area contributed by atoms with Gasteiger partial charge in [-0.3, -0.25) is 10.1 Å². The van der Waals surface area contributed by atoms with Gasteiger partial charge in [-0.05, 0) is 24.3 Å². The Bertz CT molecular complexity index is 421. The third-order valence-electron chi connectivity index (χ3n) is 2.69. The summed E-state index contributed by atoms with van der Waals surface area (Å²) in [5.41, 5.74) is -0.232. The molecule has 18 heavy (non-hydrogen) atoms. The third kappa shape index (κ3) is 3.98. The van der Waals surface area contributed by atoms with E-state index < -0.39 is 10.7 Å². The Labute approximate surface area is 106 Å². The number of anilines is 1. The maximum atomic E-state index is 13.6. The average molecular weight is 254 g/mol. The van der Waals surface area contributed by atoms with Crippen molar-refractivity contribution < 1.29 is 9.31 Å². The zero-order chi connectivity index (χ0) is 13.7. The highest BCUT2D eigenvalue weighted by Gasteiger charge is 2.18. The second kappa shape index (κ2) is 6.33. The molecular weight excluding hydrogens is 235 g/mol. The van der Waals surface area contributed by atoms with Crippen LogP contribution < -0.4 is 5.32 Å². The molecule has 0 fully saturated rings. The second-order valence-corrected chi connectivity index (χ2v) is 5.01. The van der Waals surface area contributed by atoms with Crippen LogP contribution >= 0.6 is 0 Å². The summed E-state index contributed by atoms with van der Waals surface area (Å²) < 4.78 is 13.6. The van der Waals surface area contributed by atoms with Crippen molar-refractivity contribution in [1.29, 1.82) is 0 Å². The lowest BCUT2D eigenvalue weighted by molar-refractivity contribution is -0.384. The van der Waals surface area contributed by atoms with Gasteiger partial charge in [-0.2, -0.15) is 0 Å². The second-order valence-electron chi connectivity index (χ2n) is 5.01. The Morgan fingerprint density at radius 1 is 1.39 bits per heavy atom. The van der Waals surface area contributed by atoms with E-state index >= 15 is 0 Å². The first kappa shape index (κ1) is 14.4. The van der Waals surface area contributed by atoms with Crippen molar-refractivity contribution >= 4 is 11.4 Å². The summed E-state index contributed by atoms with van der Waals surface area (Å²) in [7, 11) is 0. The smallest absolute Gasteiger partial charge is 0.295 e. The van der Waals surface area contributed by atoms with Crippen molar-refractivity contribution in [2.24, 2.45) is 11.8 Å². The first-order valence-corrected chi connectivity index (χ1v) is 6.08. The van der Waals surface area contributed by atoms with Crippen LogP contribution in [-0.2, 0) is 0 Å². The molecule has 0 heterocycles. The number of halogens is 1. The summed E-state index contributed by atoms with van der Waals surface area (Å²) in [6.07, 6.45) is 0.995. The fourth-order valence-electron chi connectivity index (χ4n) is 2.00. The quantitative estimate of drug-likeness (QED) is 0.620. The monoisotopic (exact) mass is 254 g/mol. The predicted octanol–water partition coefficient (Wildman–Crippen LogP) is 3.83. The van der Waals surface area contributed by atoms with Crippen LogP contribution in [0.1, 0.15) is 27.2 Å². The Kier molecular flexibility index (Phi) is 5.07. The molecular formula is C13H19FN2O2. The van der Waals surface area contributed by atoms with E-state index in [1.807, 2.05) is 6.92 Å². The van der Waals surface area contributed by atoms with Gasteiger partial charge in [0.1, 0.15) is 5.69 Å². The van der Waals surface area contributed by atoms with Gasteiger partial charge in [0.15, 0.2) is 5.82 Å². The molecule has 1 rings (SSSR count). The Morgan fingerprint density at radius 2 is 2.06 bits per heavy atom. The summed E-state index contributed by atoms with van der Waals surface area (Å²) in [5.74, 6) is 0.308. The van der Waals surface area contributed by atoms with E-state index in [1.54, 1.807) is 0 Å². The molecule has 1 unspecified atom stereocenters. The molecule has 0 radical (unpaired) electrons. The number of nitro benzene ring substituents is 1. The van der Waals surface area contributed by atoms with Crippen LogP contribution in [0, 0.1) is 27.8 Å². The molecule has 0 saturated heterocycles. The molecule has 0 saturated carbocycles. The van der Waals surface area contributed by atoms with Gasteiger partial charge < -0.3 is 5.32 Å². The minimum absolute atomic E-state index is 0.0156. The molecule has 1 atom stereocenters.